The quantitative estimate of drug-likeness (QED) is 0.174. The smallest absolute Gasteiger partial charge is 0.164 e. The van der Waals surface area contributed by atoms with Gasteiger partial charge in [-0.3, -0.25) is 0 Å². The Morgan fingerprint density at radius 3 is 1.65 bits per heavy atom. The van der Waals surface area contributed by atoms with Crippen molar-refractivity contribution in [3.05, 3.63) is 212 Å². The maximum atomic E-state index is 5.26. The third-order valence-electron chi connectivity index (χ3n) is 12.5. The highest BCUT2D eigenvalue weighted by atomic mass is 15.0. The van der Waals surface area contributed by atoms with Crippen molar-refractivity contribution in [2.24, 2.45) is 0 Å². The van der Waals surface area contributed by atoms with Crippen molar-refractivity contribution >= 4 is 75.9 Å². The third-order valence-corrected chi connectivity index (χ3v) is 12.5. The van der Waals surface area contributed by atoms with Crippen LogP contribution in [0.1, 0.15) is 0 Å². The molecule has 0 aliphatic carbocycles. The van der Waals surface area contributed by atoms with Crippen LogP contribution in [0.25, 0.3) is 121 Å². The van der Waals surface area contributed by atoms with Crippen molar-refractivity contribution in [1.29, 1.82) is 0 Å². The van der Waals surface area contributed by atoms with E-state index in [0.717, 1.165) is 60.8 Å². The monoisotopic (exact) mass is 789 g/mol. The van der Waals surface area contributed by atoms with E-state index in [4.69, 9.17) is 15.0 Å². The first-order valence-corrected chi connectivity index (χ1v) is 21.0. The minimum absolute atomic E-state index is 0.619. The Bertz CT molecular complexity index is 3920. The van der Waals surface area contributed by atoms with Crippen LogP contribution in [-0.2, 0) is 0 Å². The lowest BCUT2D eigenvalue weighted by atomic mass is 10.0. The average molecular weight is 790 g/mol. The summed E-state index contributed by atoms with van der Waals surface area (Å²) in [4.78, 5) is 15.6. The zero-order valence-corrected chi connectivity index (χ0v) is 33.4. The maximum absolute atomic E-state index is 5.26. The molecule has 5 heteroatoms. The van der Waals surface area contributed by atoms with Crippen LogP contribution in [-0.4, -0.2) is 24.1 Å². The molecule has 0 atom stereocenters. The van der Waals surface area contributed by atoms with Gasteiger partial charge in [0.05, 0.1) is 27.8 Å². The van der Waals surface area contributed by atoms with E-state index in [1.54, 1.807) is 0 Å². The zero-order chi connectivity index (χ0) is 40.7. The molecule has 5 nitrogen and oxygen atoms in total. The van der Waals surface area contributed by atoms with Gasteiger partial charge in [0.25, 0.3) is 0 Å². The third kappa shape index (κ3) is 5.32. The Labute approximate surface area is 356 Å². The highest BCUT2D eigenvalue weighted by molar-refractivity contribution is 6.23. The minimum atomic E-state index is 0.619. The van der Waals surface area contributed by atoms with Crippen LogP contribution in [0.2, 0.25) is 0 Å². The highest BCUT2D eigenvalue weighted by Gasteiger charge is 2.22. The van der Waals surface area contributed by atoms with Crippen LogP contribution in [0.5, 0.6) is 0 Å². The summed E-state index contributed by atoms with van der Waals surface area (Å²) in [6.45, 7) is 0. The number of hydrogen-bond donors (Lipinski definition) is 0. The van der Waals surface area contributed by atoms with Gasteiger partial charge in [0, 0.05) is 54.7 Å². The molecule has 0 bridgehead atoms. The molecule has 3 heterocycles. The summed E-state index contributed by atoms with van der Waals surface area (Å²) in [5, 5.41) is 11.9. The number of hydrogen-bond acceptors (Lipinski definition) is 3. The van der Waals surface area contributed by atoms with Gasteiger partial charge in [-0.1, -0.05) is 164 Å². The number of rotatable bonds is 5. The van der Waals surface area contributed by atoms with E-state index in [9.17, 15) is 0 Å². The molecular weight excluding hydrogens is 755 g/mol. The van der Waals surface area contributed by atoms with Gasteiger partial charge in [0.2, 0.25) is 0 Å². The summed E-state index contributed by atoms with van der Waals surface area (Å²) < 4.78 is 4.90. The summed E-state index contributed by atoms with van der Waals surface area (Å²) in [5.74, 6) is 1.89. The summed E-state index contributed by atoms with van der Waals surface area (Å²) in [6.07, 6.45) is 0. The number of para-hydroxylation sites is 2. The zero-order valence-electron chi connectivity index (χ0n) is 33.4. The van der Waals surface area contributed by atoms with E-state index >= 15 is 0 Å². The molecule has 0 saturated heterocycles. The minimum Gasteiger partial charge on any atom is -0.309 e. The average Bonchev–Trinajstić information content (AvgIpc) is 3.85. The maximum Gasteiger partial charge on any atom is 0.164 e. The first-order chi connectivity index (χ1) is 30.7. The van der Waals surface area contributed by atoms with Gasteiger partial charge in [0.1, 0.15) is 0 Å². The molecule has 288 valence electrons. The van der Waals surface area contributed by atoms with Crippen LogP contribution in [0.15, 0.2) is 212 Å². The SMILES string of the molecule is c1ccc(-c2nc(-c3ccc4ccccc4c3)nc(-c3cc(-n4c5ccccc5c5cc6c7ccc8ccccc8c7n(-c7ccccc7)c6cc54)c4ccccc4c3)n2)cc1. The molecule has 13 aromatic rings. The fourth-order valence-corrected chi connectivity index (χ4v) is 9.63. The van der Waals surface area contributed by atoms with E-state index < -0.39 is 0 Å². The summed E-state index contributed by atoms with van der Waals surface area (Å²) >= 11 is 0. The first kappa shape index (κ1) is 34.5. The van der Waals surface area contributed by atoms with E-state index in [-0.39, 0.29) is 0 Å². The van der Waals surface area contributed by atoms with Crippen LogP contribution in [0, 0.1) is 0 Å². The lowest BCUT2D eigenvalue weighted by molar-refractivity contribution is 1.07. The molecule has 0 N–H and O–H groups in total. The van der Waals surface area contributed by atoms with E-state index in [0.29, 0.717) is 17.5 Å². The standard InChI is InChI=1S/C57H35N5/c1-3-17-38(18-4-1)55-58-56(41-28-27-36-15-7-8-19-39(36)31-41)60-57(59-55)42-32-40-20-10-11-23-44(40)51(33-42)62-50-26-14-13-25-46(50)48-34-49-47-30-29-37-16-9-12-24-45(37)54(47)61(52(49)35-53(48)62)43-21-5-2-6-22-43/h1-35H. The summed E-state index contributed by atoms with van der Waals surface area (Å²) in [7, 11) is 0. The van der Waals surface area contributed by atoms with Crippen molar-refractivity contribution in [2.75, 3.05) is 0 Å². The van der Waals surface area contributed by atoms with Gasteiger partial charge in [-0.05, 0) is 70.1 Å². The number of nitrogens with zero attached hydrogens (tertiary/aromatic N) is 5. The number of fused-ring (bicyclic) bond motifs is 10. The Balaban J connectivity index is 1.11. The predicted octanol–water partition coefficient (Wildman–Crippen LogP) is 14.5. The van der Waals surface area contributed by atoms with Crippen LogP contribution in [0.3, 0.4) is 0 Å². The Kier molecular flexibility index (Phi) is 7.54. The van der Waals surface area contributed by atoms with Gasteiger partial charge >= 0.3 is 0 Å². The lowest BCUT2D eigenvalue weighted by Crippen LogP contribution is -2.02. The normalized spacial score (nSPS) is 11.9. The number of benzene rings is 10. The Morgan fingerprint density at radius 2 is 0.839 bits per heavy atom. The molecule has 10 aromatic carbocycles. The molecular formula is C57H35N5. The van der Waals surface area contributed by atoms with Crippen molar-refractivity contribution in [1.82, 2.24) is 24.1 Å². The molecule has 62 heavy (non-hydrogen) atoms. The van der Waals surface area contributed by atoms with Crippen LogP contribution in [0.4, 0.5) is 0 Å². The molecule has 0 amide bonds. The summed E-state index contributed by atoms with van der Waals surface area (Å²) in [6, 6.07) is 75.8. The number of aromatic nitrogens is 5. The van der Waals surface area contributed by atoms with Gasteiger partial charge < -0.3 is 9.13 Å². The van der Waals surface area contributed by atoms with Crippen molar-refractivity contribution in [2.45, 2.75) is 0 Å². The second-order valence-corrected chi connectivity index (χ2v) is 16.0. The molecule has 0 aliphatic rings. The van der Waals surface area contributed by atoms with Crippen molar-refractivity contribution < 1.29 is 0 Å². The van der Waals surface area contributed by atoms with Crippen molar-refractivity contribution in [3.8, 4) is 45.5 Å². The molecule has 0 spiro atoms. The Morgan fingerprint density at radius 1 is 0.274 bits per heavy atom. The second-order valence-electron chi connectivity index (χ2n) is 16.0. The Hall–Kier alpha value is -8.41. The largest absolute Gasteiger partial charge is 0.309 e. The fourth-order valence-electron chi connectivity index (χ4n) is 9.63. The van der Waals surface area contributed by atoms with Gasteiger partial charge in [-0.15, -0.1) is 0 Å². The van der Waals surface area contributed by atoms with E-state index in [2.05, 4.69) is 203 Å². The molecule has 3 aromatic heterocycles. The summed E-state index contributed by atoms with van der Waals surface area (Å²) in [5.41, 5.74) is 9.62. The molecule has 0 aliphatic heterocycles. The highest BCUT2D eigenvalue weighted by Crippen LogP contribution is 2.43. The molecule has 0 saturated carbocycles. The predicted molar refractivity (Wildman–Crippen MR) is 257 cm³/mol. The first-order valence-electron chi connectivity index (χ1n) is 21.0. The molecule has 0 radical (unpaired) electrons. The molecule has 0 fully saturated rings. The van der Waals surface area contributed by atoms with Gasteiger partial charge in [0.15, 0.2) is 17.5 Å². The van der Waals surface area contributed by atoms with Crippen molar-refractivity contribution in [3.63, 3.8) is 0 Å². The van der Waals surface area contributed by atoms with Gasteiger partial charge in [-0.2, -0.15) is 0 Å². The topological polar surface area (TPSA) is 48.5 Å². The van der Waals surface area contributed by atoms with E-state index in [1.165, 1.54) is 43.2 Å². The molecule has 13 rings (SSSR count). The van der Waals surface area contributed by atoms with Crippen LogP contribution < -0.4 is 0 Å². The fraction of sp³-hybridized carbons (Fsp3) is 0. The second kappa shape index (κ2) is 13.6. The molecule has 0 unspecified atom stereocenters. The van der Waals surface area contributed by atoms with Crippen LogP contribution >= 0.6 is 0 Å². The van der Waals surface area contributed by atoms with E-state index in [1.807, 2.05) is 18.2 Å². The lowest BCUT2D eigenvalue weighted by Gasteiger charge is -2.15. The van der Waals surface area contributed by atoms with Gasteiger partial charge in [-0.25, -0.2) is 15.0 Å².